The fourth-order valence-corrected chi connectivity index (χ4v) is 3.47. The molecule has 3 aromatic rings. The maximum Gasteiger partial charge on any atom is 0.417 e. The molecule has 2 aromatic carbocycles. The Morgan fingerprint density at radius 3 is 2.71 bits per heavy atom. The normalized spacial score (nSPS) is 11.7. The van der Waals surface area contributed by atoms with Gasteiger partial charge in [-0.3, -0.25) is 9.71 Å². The predicted octanol–water partition coefficient (Wildman–Crippen LogP) is 2.53. The number of nitrogens with one attached hydrogen (secondary N) is 2. The van der Waals surface area contributed by atoms with Gasteiger partial charge in [-0.25, -0.2) is 13.2 Å². The molecule has 1 aromatic heterocycles. The summed E-state index contributed by atoms with van der Waals surface area (Å²) in [6.07, 6.45) is 0. The molecule has 3 rings (SSSR count). The van der Waals surface area contributed by atoms with E-state index < -0.39 is 15.8 Å². The van der Waals surface area contributed by atoms with Gasteiger partial charge in [-0.15, -0.1) is 0 Å². The first-order valence-corrected chi connectivity index (χ1v) is 8.41. The highest BCUT2D eigenvalue weighted by molar-refractivity contribution is 14.1. The van der Waals surface area contributed by atoms with E-state index in [1.165, 1.54) is 18.2 Å². The van der Waals surface area contributed by atoms with Crippen LogP contribution in [0, 0.1) is 3.57 Å². The fourth-order valence-electron chi connectivity index (χ4n) is 1.86. The molecule has 108 valence electrons. The zero-order chi connectivity index (χ0) is 15.0. The van der Waals surface area contributed by atoms with Crippen LogP contribution in [0.5, 0.6) is 0 Å². The fraction of sp³-hybridized carbons (Fsp3) is 0. The Balaban J connectivity index is 2.01. The molecule has 0 spiro atoms. The smallest absolute Gasteiger partial charge is 0.408 e. The molecule has 0 saturated heterocycles. The summed E-state index contributed by atoms with van der Waals surface area (Å²) in [6.45, 7) is 0. The first kappa shape index (κ1) is 14.1. The van der Waals surface area contributed by atoms with Gasteiger partial charge in [0.2, 0.25) is 0 Å². The van der Waals surface area contributed by atoms with Crippen molar-refractivity contribution in [3.05, 3.63) is 56.6 Å². The highest BCUT2D eigenvalue weighted by Gasteiger charge is 2.16. The summed E-state index contributed by atoms with van der Waals surface area (Å²) in [5, 5.41) is 0. The van der Waals surface area contributed by atoms with Gasteiger partial charge in [0.25, 0.3) is 10.0 Å². The first-order chi connectivity index (χ1) is 9.94. The molecule has 21 heavy (non-hydrogen) atoms. The third-order valence-electron chi connectivity index (χ3n) is 2.78. The first-order valence-electron chi connectivity index (χ1n) is 5.85. The van der Waals surface area contributed by atoms with Crippen molar-refractivity contribution in [1.82, 2.24) is 4.98 Å². The van der Waals surface area contributed by atoms with Crippen molar-refractivity contribution in [1.29, 1.82) is 0 Å². The number of halogens is 1. The third kappa shape index (κ3) is 2.95. The summed E-state index contributed by atoms with van der Waals surface area (Å²) in [7, 11) is -3.74. The van der Waals surface area contributed by atoms with E-state index in [-0.39, 0.29) is 10.5 Å². The van der Waals surface area contributed by atoms with E-state index in [0.29, 0.717) is 11.2 Å². The molecule has 0 fully saturated rings. The van der Waals surface area contributed by atoms with Gasteiger partial charge in [0.15, 0.2) is 5.58 Å². The second-order valence-corrected chi connectivity index (χ2v) is 7.22. The molecule has 0 radical (unpaired) electrons. The SMILES string of the molecule is O=c1[nH]c2ccc(S(=O)(=O)Nc3cccc(I)c3)cc2o1. The Labute approximate surface area is 133 Å². The second kappa shape index (κ2) is 5.19. The van der Waals surface area contributed by atoms with Gasteiger partial charge in [0.1, 0.15) is 0 Å². The molecule has 8 heteroatoms. The van der Waals surface area contributed by atoms with E-state index in [0.717, 1.165) is 3.57 Å². The lowest BCUT2D eigenvalue weighted by Gasteiger charge is -2.08. The van der Waals surface area contributed by atoms with Crippen molar-refractivity contribution in [3.8, 4) is 0 Å². The predicted molar refractivity (Wildman–Crippen MR) is 86.8 cm³/mol. The van der Waals surface area contributed by atoms with Crippen LogP contribution < -0.4 is 10.5 Å². The summed E-state index contributed by atoms with van der Waals surface area (Å²) < 4.78 is 32.9. The van der Waals surface area contributed by atoms with Crippen molar-refractivity contribution in [2.24, 2.45) is 0 Å². The maximum absolute atomic E-state index is 12.3. The van der Waals surface area contributed by atoms with Gasteiger partial charge >= 0.3 is 5.76 Å². The van der Waals surface area contributed by atoms with Gasteiger partial charge in [0.05, 0.1) is 10.4 Å². The topological polar surface area (TPSA) is 92.2 Å². The second-order valence-electron chi connectivity index (χ2n) is 4.29. The molecule has 0 aliphatic carbocycles. The molecule has 2 N–H and O–H groups in total. The number of rotatable bonds is 3. The number of sulfonamides is 1. The summed E-state index contributed by atoms with van der Waals surface area (Å²) in [4.78, 5) is 13.6. The lowest BCUT2D eigenvalue weighted by atomic mass is 10.3. The maximum atomic E-state index is 12.3. The third-order valence-corrected chi connectivity index (χ3v) is 4.83. The van der Waals surface area contributed by atoms with Gasteiger partial charge in [-0.2, -0.15) is 0 Å². The molecule has 0 aliphatic rings. The molecule has 0 aliphatic heterocycles. The molecule has 0 bridgehead atoms. The van der Waals surface area contributed by atoms with Crippen LogP contribution in [0.3, 0.4) is 0 Å². The van der Waals surface area contributed by atoms with Crippen molar-refractivity contribution in [2.75, 3.05) is 4.72 Å². The minimum atomic E-state index is -3.74. The highest BCUT2D eigenvalue weighted by Crippen LogP contribution is 2.20. The monoisotopic (exact) mass is 416 g/mol. The Morgan fingerprint density at radius 2 is 1.95 bits per heavy atom. The van der Waals surface area contributed by atoms with E-state index >= 15 is 0 Å². The Bertz CT molecular complexity index is 975. The number of aromatic nitrogens is 1. The van der Waals surface area contributed by atoms with Crippen LogP contribution in [0.2, 0.25) is 0 Å². The zero-order valence-corrected chi connectivity index (χ0v) is 13.4. The zero-order valence-electron chi connectivity index (χ0n) is 10.5. The Morgan fingerprint density at radius 1 is 1.14 bits per heavy atom. The van der Waals surface area contributed by atoms with Crippen LogP contribution in [-0.2, 0) is 10.0 Å². The Hall–Kier alpha value is -1.81. The van der Waals surface area contributed by atoms with Crippen molar-refractivity contribution in [3.63, 3.8) is 0 Å². The molecule has 1 heterocycles. The number of fused-ring (bicyclic) bond motifs is 1. The lowest BCUT2D eigenvalue weighted by Crippen LogP contribution is -2.12. The standard InChI is InChI=1S/C13H9IN2O4S/c14-8-2-1-3-9(6-8)16-21(18,19)10-4-5-11-12(7-10)20-13(17)15-11/h1-7,16H,(H,15,17). The lowest BCUT2D eigenvalue weighted by molar-refractivity contribution is 0.554. The number of H-pyrrole nitrogens is 1. The van der Waals surface area contributed by atoms with Crippen LogP contribution in [0.4, 0.5) is 5.69 Å². The van der Waals surface area contributed by atoms with Crippen LogP contribution >= 0.6 is 22.6 Å². The van der Waals surface area contributed by atoms with Crippen molar-refractivity contribution >= 4 is 49.4 Å². The number of oxazole rings is 1. The molecule has 0 atom stereocenters. The molecular formula is C13H9IN2O4S. The minimum Gasteiger partial charge on any atom is -0.408 e. The number of hydrogen-bond acceptors (Lipinski definition) is 4. The molecule has 0 amide bonds. The largest absolute Gasteiger partial charge is 0.417 e. The molecule has 0 saturated carbocycles. The van der Waals surface area contributed by atoms with Crippen LogP contribution in [0.25, 0.3) is 11.1 Å². The Kier molecular flexibility index (Phi) is 3.49. The van der Waals surface area contributed by atoms with E-state index in [1.807, 2.05) is 6.07 Å². The van der Waals surface area contributed by atoms with Crippen LogP contribution in [0.15, 0.2) is 56.6 Å². The van der Waals surface area contributed by atoms with E-state index in [9.17, 15) is 13.2 Å². The van der Waals surface area contributed by atoms with E-state index in [4.69, 9.17) is 4.42 Å². The quantitative estimate of drug-likeness (QED) is 0.642. The molecular weight excluding hydrogens is 407 g/mol. The summed E-state index contributed by atoms with van der Waals surface area (Å²) >= 11 is 2.10. The number of aromatic amines is 1. The van der Waals surface area contributed by atoms with Crippen molar-refractivity contribution in [2.45, 2.75) is 4.90 Å². The van der Waals surface area contributed by atoms with E-state index in [2.05, 4.69) is 32.3 Å². The average molecular weight is 416 g/mol. The number of benzene rings is 2. The average Bonchev–Trinajstić information content (AvgIpc) is 2.77. The molecule has 0 unspecified atom stereocenters. The van der Waals surface area contributed by atoms with Gasteiger partial charge in [-0.1, -0.05) is 6.07 Å². The minimum absolute atomic E-state index is 0.0246. The van der Waals surface area contributed by atoms with E-state index in [1.54, 1.807) is 18.2 Å². The van der Waals surface area contributed by atoms with Gasteiger partial charge < -0.3 is 4.42 Å². The summed E-state index contributed by atoms with van der Waals surface area (Å²) in [5.74, 6) is -0.620. The van der Waals surface area contributed by atoms with Gasteiger partial charge in [-0.05, 0) is 52.9 Å². The van der Waals surface area contributed by atoms with Crippen molar-refractivity contribution < 1.29 is 12.8 Å². The van der Waals surface area contributed by atoms with Gasteiger partial charge in [0, 0.05) is 15.3 Å². The van der Waals surface area contributed by atoms with Crippen LogP contribution in [-0.4, -0.2) is 13.4 Å². The number of anilines is 1. The number of hydrogen-bond donors (Lipinski definition) is 2. The summed E-state index contributed by atoms with van der Waals surface area (Å²) in [5.41, 5.74) is 1.12. The summed E-state index contributed by atoms with van der Waals surface area (Å²) in [6, 6.07) is 11.2. The highest BCUT2D eigenvalue weighted by atomic mass is 127. The van der Waals surface area contributed by atoms with Crippen LogP contribution in [0.1, 0.15) is 0 Å². The molecule has 6 nitrogen and oxygen atoms in total.